The van der Waals surface area contributed by atoms with E-state index in [0.29, 0.717) is 22.9 Å². The van der Waals surface area contributed by atoms with Crippen LogP contribution in [0.4, 0.5) is 39.5 Å². The summed E-state index contributed by atoms with van der Waals surface area (Å²) in [6.07, 6.45) is -12.8. The van der Waals surface area contributed by atoms with E-state index in [0.717, 1.165) is 17.7 Å². The first-order valence-corrected chi connectivity index (χ1v) is 12.9. The average Bonchev–Trinajstić information content (AvgIpc) is 3.43. The van der Waals surface area contributed by atoms with Gasteiger partial charge >= 0.3 is 24.6 Å². The highest BCUT2D eigenvalue weighted by Crippen LogP contribution is 2.39. The fraction of sp³-hybridized carbons (Fsp3) is 0.286. The van der Waals surface area contributed by atoms with E-state index in [-0.39, 0.29) is 53.5 Å². The van der Waals surface area contributed by atoms with Crippen LogP contribution in [0, 0.1) is 0 Å². The van der Waals surface area contributed by atoms with Gasteiger partial charge in [-0.2, -0.15) is 44.6 Å². The lowest BCUT2D eigenvalue weighted by atomic mass is 9.88. The molecule has 5 rings (SSSR count). The summed E-state index contributed by atoms with van der Waals surface area (Å²) >= 11 is 0. The predicted octanol–water partition coefficient (Wildman–Crippen LogP) is 7.43. The molecular weight excluding hydrogens is 609 g/mol. The molecule has 3 aromatic heterocycles. The van der Waals surface area contributed by atoms with E-state index in [1.165, 1.54) is 12.1 Å². The van der Waals surface area contributed by atoms with Gasteiger partial charge in [0, 0.05) is 30.4 Å². The Bertz CT molecular complexity index is 1670. The quantitative estimate of drug-likeness (QED) is 0.183. The highest BCUT2D eigenvalue weighted by atomic mass is 19.4. The van der Waals surface area contributed by atoms with Crippen molar-refractivity contribution in [3.05, 3.63) is 83.3 Å². The van der Waals surface area contributed by atoms with E-state index >= 15 is 0 Å². The Morgan fingerprint density at radius 2 is 1.52 bits per heavy atom. The summed E-state index contributed by atoms with van der Waals surface area (Å²) in [7, 11) is 0. The molecule has 0 aliphatic carbocycles. The number of hydrogen-bond acceptors (Lipinski definition) is 5. The molecule has 0 saturated carbocycles. The van der Waals surface area contributed by atoms with Crippen molar-refractivity contribution < 1.29 is 49.4 Å². The number of pyridine rings is 2. The van der Waals surface area contributed by atoms with Gasteiger partial charge < -0.3 is 5.11 Å². The molecule has 1 aliphatic heterocycles. The number of alkyl halides is 9. The largest absolute Gasteiger partial charge is 0.478 e. The second-order valence-electron chi connectivity index (χ2n) is 9.97. The van der Waals surface area contributed by atoms with Crippen LogP contribution in [0.1, 0.15) is 45.9 Å². The third-order valence-electron chi connectivity index (χ3n) is 7.22. The number of hydrogen-bond donors (Lipinski definition) is 1. The van der Waals surface area contributed by atoms with Crippen molar-refractivity contribution >= 4 is 5.97 Å². The van der Waals surface area contributed by atoms with Crippen molar-refractivity contribution in [1.82, 2.24) is 24.6 Å². The molecule has 0 atom stereocenters. The molecule has 0 bridgehead atoms. The zero-order valence-corrected chi connectivity index (χ0v) is 22.2. The number of rotatable bonds is 5. The van der Waals surface area contributed by atoms with Gasteiger partial charge in [-0.1, -0.05) is 30.3 Å². The highest BCUT2D eigenvalue weighted by molar-refractivity contribution is 5.89. The molecule has 232 valence electrons. The van der Waals surface area contributed by atoms with Gasteiger partial charge in [0.2, 0.25) is 0 Å². The summed E-state index contributed by atoms with van der Waals surface area (Å²) in [5, 5.41) is 12.7. The molecule has 0 radical (unpaired) electrons. The smallest absolute Gasteiger partial charge is 0.459 e. The lowest BCUT2D eigenvalue weighted by molar-refractivity contribution is -0.250. The van der Waals surface area contributed by atoms with Gasteiger partial charge in [0.15, 0.2) is 11.5 Å². The first-order chi connectivity index (χ1) is 20.5. The summed E-state index contributed by atoms with van der Waals surface area (Å²) in [6.45, 7) is -0.356. The van der Waals surface area contributed by atoms with Gasteiger partial charge in [-0.3, -0.25) is 4.98 Å². The van der Waals surface area contributed by atoms with Gasteiger partial charge in [-0.25, -0.2) is 19.4 Å². The number of aromatic carboxylic acids is 1. The SMILES string of the molecule is O=C(O)c1cnn(-c2cccc(-c3cc(C(F)(F)F)cnc3-c3ccc(C4CCN(C(F)(F)F)CC4)cc3)n2)c1C(F)(F)F. The van der Waals surface area contributed by atoms with Crippen molar-refractivity contribution in [3.63, 3.8) is 0 Å². The number of nitrogens with zero attached hydrogens (tertiary/aromatic N) is 5. The van der Waals surface area contributed by atoms with Gasteiger partial charge in [-0.15, -0.1) is 0 Å². The number of aromatic nitrogens is 4. The lowest BCUT2D eigenvalue weighted by Crippen LogP contribution is -2.43. The third-order valence-corrected chi connectivity index (χ3v) is 7.22. The molecule has 4 aromatic rings. The van der Waals surface area contributed by atoms with Crippen LogP contribution in [-0.2, 0) is 12.4 Å². The fourth-order valence-electron chi connectivity index (χ4n) is 5.07. The minimum atomic E-state index is -5.16. The Morgan fingerprint density at radius 1 is 0.864 bits per heavy atom. The van der Waals surface area contributed by atoms with Gasteiger partial charge in [0.05, 0.1) is 23.1 Å². The number of piperidine rings is 1. The molecule has 1 N–H and O–H groups in total. The summed E-state index contributed by atoms with van der Waals surface area (Å²) in [5.41, 5.74) is -3.27. The van der Waals surface area contributed by atoms with E-state index in [1.807, 2.05) is 0 Å². The number of carbonyl (C=O) groups is 1. The predicted molar refractivity (Wildman–Crippen MR) is 137 cm³/mol. The molecule has 0 amide bonds. The maximum absolute atomic E-state index is 13.8. The molecule has 4 heterocycles. The standard InChI is InChI=1S/C28H20F9N5O2/c29-26(30,31)18-12-19(21-2-1-3-22(40-21)42-24(27(32,33)34)20(14-39-42)25(43)44)23(38-13-18)17-6-4-15(5-7-17)16-8-10-41(11-9-16)28(35,36)37/h1-7,12-14,16H,8-11H2,(H,43,44). The van der Waals surface area contributed by atoms with Gasteiger partial charge in [0.1, 0.15) is 5.56 Å². The van der Waals surface area contributed by atoms with Crippen molar-refractivity contribution in [2.45, 2.75) is 37.4 Å². The monoisotopic (exact) mass is 629 g/mol. The van der Waals surface area contributed by atoms with Crippen molar-refractivity contribution in [2.75, 3.05) is 13.1 Å². The summed E-state index contributed by atoms with van der Waals surface area (Å²) in [4.78, 5) is 19.9. The summed E-state index contributed by atoms with van der Waals surface area (Å²) in [5.74, 6) is -2.57. The van der Waals surface area contributed by atoms with Crippen LogP contribution in [0.25, 0.3) is 28.3 Å². The van der Waals surface area contributed by atoms with Crippen LogP contribution in [0.2, 0.25) is 0 Å². The first-order valence-electron chi connectivity index (χ1n) is 12.9. The number of carboxylic acids is 1. The fourth-order valence-corrected chi connectivity index (χ4v) is 5.07. The first kappa shape index (κ1) is 31.0. The maximum atomic E-state index is 13.8. The molecule has 0 unspecified atom stereocenters. The Balaban J connectivity index is 1.54. The second-order valence-corrected chi connectivity index (χ2v) is 9.97. The number of benzene rings is 1. The van der Waals surface area contributed by atoms with Crippen molar-refractivity contribution in [3.8, 4) is 28.3 Å². The Kier molecular flexibility index (Phi) is 7.90. The molecule has 16 heteroatoms. The lowest BCUT2D eigenvalue weighted by Gasteiger charge is -2.33. The van der Waals surface area contributed by atoms with Crippen LogP contribution in [0.3, 0.4) is 0 Å². The van der Waals surface area contributed by atoms with Gasteiger partial charge in [-0.05, 0) is 42.5 Å². The minimum Gasteiger partial charge on any atom is -0.478 e. The third kappa shape index (κ3) is 6.25. The second kappa shape index (κ2) is 11.2. The summed E-state index contributed by atoms with van der Waals surface area (Å²) < 4.78 is 121. The molecule has 7 nitrogen and oxygen atoms in total. The number of halogens is 9. The zero-order valence-electron chi connectivity index (χ0n) is 22.2. The maximum Gasteiger partial charge on any atom is 0.459 e. The highest BCUT2D eigenvalue weighted by Gasteiger charge is 2.41. The Hall–Kier alpha value is -4.47. The van der Waals surface area contributed by atoms with Crippen LogP contribution < -0.4 is 0 Å². The van der Waals surface area contributed by atoms with Crippen molar-refractivity contribution in [1.29, 1.82) is 0 Å². The molecule has 1 fully saturated rings. The van der Waals surface area contributed by atoms with E-state index in [4.69, 9.17) is 0 Å². The van der Waals surface area contributed by atoms with E-state index in [9.17, 15) is 49.4 Å². The van der Waals surface area contributed by atoms with E-state index in [2.05, 4.69) is 15.1 Å². The van der Waals surface area contributed by atoms with E-state index in [1.54, 1.807) is 24.3 Å². The normalized spacial score (nSPS) is 15.5. The van der Waals surface area contributed by atoms with Crippen molar-refractivity contribution in [2.24, 2.45) is 0 Å². The molecule has 1 saturated heterocycles. The van der Waals surface area contributed by atoms with Gasteiger partial charge in [0.25, 0.3) is 0 Å². The van der Waals surface area contributed by atoms with Crippen LogP contribution in [-0.4, -0.2) is 55.1 Å². The van der Waals surface area contributed by atoms with Crippen LogP contribution in [0.15, 0.2) is 60.9 Å². The van der Waals surface area contributed by atoms with Crippen LogP contribution >= 0.6 is 0 Å². The molecule has 1 aliphatic rings. The topological polar surface area (TPSA) is 84.1 Å². The van der Waals surface area contributed by atoms with E-state index < -0.39 is 47.3 Å². The van der Waals surface area contributed by atoms with Crippen LogP contribution in [0.5, 0.6) is 0 Å². The molecule has 1 aromatic carbocycles. The number of carboxylic acid groups (broad SMARTS) is 1. The zero-order chi connectivity index (χ0) is 32.0. The summed E-state index contributed by atoms with van der Waals surface area (Å²) in [6, 6.07) is 10.7. The number of likely N-dealkylation sites (tertiary alicyclic amines) is 1. The Labute approximate surface area is 242 Å². The molecule has 44 heavy (non-hydrogen) atoms. The molecular formula is C28H20F9N5O2. The Morgan fingerprint density at radius 3 is 2.09 bits per heavy atom. The minimum absolute atomic E-state index is 0.00354. The average molecular weight is 629 g/mol. The molecule has 0 spiro atoms.